The van der Waals surface area contributed by atoms with E-state index < -0.39 is 5.97 Å². The van der Waals surface area contributed by atoms with Crippen LogP contribution in [-0.2, 0) is 33.3 Å². The molecule has 0 heterocycles. The maximum absolute atomic E-state index is 11.1. The highest BCUT2D eigenvalue weighted by Gasteiger charge is 2.01. The van der Waals surface area contributed by atoms with E-state index in [1.165, 1.54) is 6.08 Å². The first-order valence-corrected chi connectivity index (χ1v) is 7.46. The number of carbonyl (C=O) groups is 2. The molecule has 0 fully saturated rings. The summed E-state index contributed by atoms with van der Waals surface area (Å²) in [6, 6.07) is 0. The molecule has 0 aromatic heterocycles. The van der Waals surface area contributed by atoms with E-state index in [-0.39, 0.29) is 32.0 Å². The van der Waals surface area contributed by atoms with Crippen LogP contribution in [0.3, 0.4) is 0 Å². The summed E-state index contributed by atoms with van der Waals surface area (Å²) in [4.78, 5) is 21.3. The molecular weight excluding hydrogens is 308 g/mol. The Kier molecular flexibility index (Phi) is 15.8. The second-order valence-corrected chi connectivity index (χ2v) is 4.31. The van der Waals surface area contributed by atoms with Crippen LogP contribution in [0.1, 0.15) is 12.8 Å². The van der Waals surface area contributed by atoms with E-state index in [1.807, 2.05) is 0 Å². The van der Waals surface area contributed by atoms with Gasteiger partial charge in [0.2, 0.25) is 0 Å². The number of esters is 1. The second kappa shape index (κ2) is 16.9. The van der Waals surface area contributed by atoms with Crippen molar-refractivity contribution >= 4 is 11.9 Å². The third kappa shape index (κ3) is 18.5. The van der Waals surface area contributed by atoms with E-state index in [0.29, 0.717) is 46.2 Å². The van der Waals surface area contributed by atoms with Gasteiger partial charge in [0.15, 0.2) is 0 Å². The Morgan fingerprint density at radius 2 is 1.22 bits per heavy atom. The molecule has 0 saturated heterocycles. The summed E-state index contributed by atoms with van der Waals surface area (Å²) in [5.41, 5.74) is 0. The lowest BCUT2D eigenvalue weighted by atomic mass is 10.5. The maximum atomic E-state index is 11.1. The van der Waals surface area contributed by atoms with Gasteiger partial charge in [-0.15, -0.1) is 0 Å². The van der Waals surface area contributed by atoms with Gasteiger partial charge in [0, 0.05) is 0 Å². The quantitative estimate of drug-likeness (QED) is 0.235. The van der Waals surface area contributed by atoms with Crippen molar-refractivity contribution in [2.24, 2.45) is 0 Å². The molecule has 1 N–H and O–H groups in total. The van der Waals surface area contributed by atoms with Gasteiger partial charge in [0.25, 0.3) is 0 Å². The largest absolute Gasteiger partial charge is 0.481 e. The van der Waals surface area contributed by atoms with Gasteiger partial charge in [-0.25, -0.2) is 0 Å². The average molecular weight is 334 g/mol. The van der Waals surface area contributed by atoms with Crippen LogP contribution in [0.25, 0.3) is 0 Å². The lowest BCUT2D eigenvalue weighted by molar-refractivity contribution is -0.143. The fourth-order valence-corrected chi connectivity index (χ4v) is 1.30. The Bertz CT molecular complexity index is 319. The Balaban J connectivity index is 3.09. The molecule has 0 aromatic carbocycles. The number of aliphatic carboxylic acids is 1. The molecule has 0 aliphatic rings. The maximum Gasteiger partial charge on any atom is 0.308 e. The van der Waals surface area contributed by atoms with E-state index in [4.69, 9.17) is 28.8 Å². The van der Waals surface area contributed by atoms with Crippen molar-refractivity contribution in [3.63, 3.8) is 0 Å². The lowest BCUT2D eigenvalue weighted by Gasteiger charge is -2.07. The van der Waals surface area contributed by atoms with Gasteiger partial charge in [-0.2, -0.15) is 0 Å². The standard InChI is InChI=1S/C15H26O8/c1-2-5-23-15(18)4-7-20-9-11-22-13-12-21-10-8-19-6-3-14(16)17/h2H,1,3-13H2,(H,16,17). The molecule has 0 amide bonds. The molecule has 0 spiro atoms. The Morgan fingerprint density at radius 1 is 0.783 bits per heavy atom. The van der Waals surface area contributed by atoms with Crippen molar-refractivity contribution in [2.45, 2.75) is 12.8 Å². The number of rotatable bonds is 17. The third-order valence-electron chi connectivity index (χ3n) is 2.39. The van der Waals surface area contributed by atoms with Gasteiger partial charge < -0.3 is 28.8 Å². The summed E-state index contributed by atoms with van der Waals surface area (Å²) in [7, 11) is 0. The molecule has 8 nitrogen and oxygen atoms in total. The molecule has 0 unspecified atom stereocenters. The first-order valence-electron chi connectivity index (χ1n) is 7.46. The van der Waals surface area contributed by atoms with Crippen molar-refractivity contribution in [2.75, 3.05) is 59.5 Å². The predicted octanol–water partition coefficient (Wildman–Crippen LogP) is 0.647. The van der Waals surface area contributed by atoms with Crippen LogP contribution in [0.15, 0.2) is 12.7 Å². The molecule has 0 saturated carbocycles. The molecule has 0 aliphatic carbocycles. The van der Waals surface area contributed by atoms with Crippen molar-refractivity contribution in [3.8, 4) is 0 Å². The number of ether oxygens (including phenoxy) is 5. The minimum atomic E-state index is -0.879. The van der Waals surface area contributed by atoms with Crippen LogP contribution >= 0.6 is 0 Å². The van der Waals surface area contributed by atoms with Crippen molar-refractivity contribution in [3.05, 3.63) is 12.7 Å². The fourth-order valence-electron chi connectivity index (χ4n) is 1.30. The Morgan fingerprint density at radius 3 is 1.65 bits per heavy atom. The minimum Gasteiger partial charge on any atom is -0.481 e. The minimum absolute atomic E-state index is 0.00487. The number of carboxylic acid groups (broad SMARTS) is 1. The van der Waals surface area contributed by atoms with Crippen molar-refractivity contribution < 1.29 is 38.4 Å². The van der Waals surface area contributed by atoms with Gasteiger partial charge in [-0.1, -0.05) is 12.7 Å². The molecule has 0 atom stereocenters. The third-order valence-corrected chi connectivity index (χ3v) is 2.39. The summed E-state index contributed by atoms with van der Waals surface area (Å²) < 4.78 is 25.5. The number of carbonyl (C=O) groups excluding carboxylic acids is 1. The van der Waals surface area contributed by atoms with E-state index in [1.54, 1.807) is 0 Å². The van der Waals surface area contributed by atoms with Crippen LogP contribution in [0.5, 0.6) is 0 Å². The summed E-state index contributed by atoms with van der Waals surface area (Å²) in [5.74, 6) is -1.19. The molecule has 8 heteroatoms. The summed E-state index contributed by atoms with van der Waals surface area (Å²) in [6.07, 6.45) is 1.71. The van der Waals surface area contributed by atoms with Crippen LogP contribution in [-0.4, -0.2) is 76.5 Å². The van der Waals surface area contributed by atoms with Gasteiger partial charge in [0.1, 0.15) is 6.61 Å². The summed E-state index contributed by atoms with van der Waals surface area (Å²) in [5, 5.41) is 8.39. The lowest BCUT2D eigenvalue weighted by Crippen LogP contribution is -2.14. The van der Waals surface area contributed by atoms with Gasteiger partial charge in [-0.05, 0) is 0 Å². The zero-order valence-corrected chi connectivity index (χ0v) is 13.4. The SMILES string of the molecule is C=CCOC(=O)CCOCCOCCOCCOCCC(=O)O. The normalized spacial score (nSPS) is 10.4. The van der Waals surface area contributed by atoms with Crippen LogP contribution < -0.4 is 0 Å². The highest BCUT2D eigenvalue weighted by Crippen LogP contribution is 1.89. The smallest absolute Gasteiger partial charge is 0.308 e. The Labute approximate surface area is 136 Å². The summed E-state index contributed by atoms with van der Waals surface area (Å²) in [6.45, 7) is 6.57. The summed E-state index contributed by atoms with van der Waals surface area (Å²) >= 11 is 0. The highest BCUT2D eigenvalue weighted by atomic mass is 16.6. The van der Waals surface area contributed by atoms with Crippen LogP contribution in [0.4, 0.5) is 0 Å². The zero-order chi connectivity index (χ0) is 17.2. The van der Waals surface area contributed by atoms with E-state index in [9.17, 15) is 9.59 Å². The zero-order valence-electron chi connectivity index (χ0n) is 13.4. The molecule has 134 valence electrons. The second-order valence-electron chi connectivity index (χ2n) is 4.31. The van der Waals surface area contributed by atoms with Gasteiger partial charge in [0.05, 0.1) is 65.7 Å². The molecular formula is C15H26O8. The number of carboxylic acids is 1. The molecule has 0 bridgehead atoms. The van der Waals surface area contributed by atoms with Gasteiger partial charge >= 0.3 is 11.9 Å². The van der Waals surface area contributed by atoms with E-state index >= 15 is 0 Å². The Hall–Kier alpha value is -1.48. The van der Waals surface area contributed by atoms with Crippen LogP contribution in [0.2, 0.25) is 0 Å². The first kappa shape index (κ1) is 21.5. The number of hydrogen-bond donors (Lipinski definition) is 1. The fraction of sp³-hybridized carbons (Fsp3) is 0.733. The number of hydrogen-bond acceptors (Lipinski definition) is 7. The average Bonchev–Trinajstić information content (AvgIpc) is 2.52. The van der Waals surface area contributed by atoms with Crippen molar-refractivity contribution in [1.82, 2.24) is 0 Å². The van der Waals surface area contributed by atoms with E-state index in [0.717, 1.165) is 0 Å². The predicted molar refractivity (Wildman–Crippen MR) is 81.3 cm³/mol. The highest BCUT2D eigenvalue weighted by molar-refractivity contribution is 5.69. The first-order chi connectivity index (χ1) is 11.2. The van der Waals surface area contributed by atoms with Crippen LogP contribution in [0, 0.1) is 0 Å². The van der Waals surface area contributed by atoms with Gasteiger partial charge in [-0.3, -0.25) is 9.59 Å². The molecule has 0 aromatic rings. The molecule has 0 radical (unpaired) electrons. The molecule has 0 aliphatic heterocycles. The van der Waals surface area contributed by atoms with Crippen molar-refractivity contribution in [1.29, 1.82) is 0 Å². The molecule has 23 heavy (non-hydrogen) atoms. The molecule has 0 rings (SSSR count). The van der Waals surface area contributed by atoms with E-state index in [2.05, 4.69) is 6.58 Å². The topological polar surface area (TPSA) is 101 Å². The monoisotopic (exact) mass is 334 g/mol.